The van der Waals surface area contributed by atoms with Gasteiger partial charge in [-0.25, -0.2) is 9.78 Å². The van der Waals surface area contributed by atoms with Gasteiger partial charge in [-0.3, -0.25) is 0 Å². The highest BCUT2D eigenvalue weighted by atomic mass is 19.4. The number of hydrogen-bond acceptors (Lipinski definition) is 3. The molecule has 0 N–H and O–H groups in total. The number of hydrogen-bond donors (Lipinski definition) is 0. The topological polar surface area (TPSA) is 42.3 Å². The molecule has 0 aromatic carbocycles. The fourth-order valence-electron chi connectivity index (χ4n) is 0.751. The lowest BCUT2D eigenvalue weighted by Gasteiger charge is -2.06. The standard InChI is InChI=1S/C7H3F3N2O/c8-7(9,10)5-2-1-3-11-6(5)12-4-13/h1-3H. The zero-order chi connectivity index (χ0) is 9.90. The quantitative estimate of drug-likeness (QED) is 0.500. The molecule has 0 saturated heterocycles. The Morgan fingerprint density at radius 2 is 2.15 bits per heavy atom. The van der Waals surface area contributed by atoms with Gasteiger partial charge >= 0.3 is 6.18 Å². The zero-order valence-corrected chi connectivity index (χ0v) is 6.17. The van der Waals surface area contributed by atoms with Crippen LogP contribution in [0.15, 0.2) is 23.3 Å². The Morgan fingerprint density at radius 3 is 2.69 bits per heavy atom. The van der Waals surface area contributed by atoms with E-state index in [4.69, 9.17) is 0 Å². The van der Waals surface area contributed by atoms with Crippen molar-refractivity contribution in [2.75, 3.05) is 0 Å². The Labute approximate surface area is 70.9 Å². The van der Waals surface area contributed by atoms with Gasteiger partial charge in [0.25, 0.3) is 0 Å². The summed E-state index contributed by atoms with van der Waals surface area (Å²) in [4.78, 5) is 15.9. The molecule has 0 aliphatic carbocycles. The van der Waals surface area contributed by atoms with Gasteiger partial charge in [0.15, 0.2) is 5.82 Å². The minimum Gasteiger partial charge on any atom is -0.236 e. The maximum Gasteiger partial charge on any atom is 0.420 e. The number of aromatic nitrogens is 1. The molecule has 6 heteroatoms. The third-order valence-electron chi connectivity index (χ3n) is 1.24. The summed E-state index contributed by atoms with van der Waals surface area (Å²) in [6.45, 7) is 0. The molecule has 3 nitrogen and oxygen atoms in total. The van der Waals surface area contributed by atoms with Crippen LogP contribution in [0.1, 0.15) is 5.56 Å². The fourth-order valence-corrected chi connectivity index (χ4v) is 0.751. The Bertz CT molecular complexity index is 355. The van der Waals surface area contributed by atoms with Crippen molar-refractivity contribution in [3.8, 4) is 0 Å². The van der Waals surface area contributed by atoms with Gasteiger partial charge in [-0.15, -0.1) is 4.99 Å². The van der Waals surface area contributed by atoms with Gasteiger partial charge in [0, 0.05) is 6.20 Å². The summed E-state index contributed by atoms with van der Waals surface area (Å²) in [6, 6.07) is 1.91. The highest BCUT2D eigenvalue weighted by Gasteiger charge is 2.34. The molecule has 0 unspecified atom stereocenters. The first-order valence-electron chi connectivity index (χ1n) is 3.16. The van der Waals surface area contributed by atoms with E-state index in [9.17, 15) is 18.0 Å². The molecule has 0 spiro atoms. The van der Waals surface area contributed by atoms with E-state index >= 15 is 0 Å². The molecule has 68 valence electrons. The molecule has 1 aromatic heterocycles. The molecule has 0 amide bonds. The zero-order valence-electron chi connectivity index (χ0n) is 6.17. The predicted octanol–water partition coefficient (Wildman–Crippen LogP) is 2.07. The van der Waals surface area contributed by atoms with E-state index in [1.165, 1.54) is 0 Å². The number of alkyl halides is 3. The molecule has 0 fully saturated rings. The first kappa shape index (κ1) is 9.41. The molecule has 0 aliphatic rings. The smallest absolute Gasteiger partial charge is 0.236 e. The van der Waals surface area contributed by atoms with E-state index in [1.807, 2.05) is 0 Å². The van der Waals surface area contributed by atoms with E-state index in [0.717, 1.165) is 24.4 Å². The predicted molar refractivity (Wildman–Crippen MR) is 37.0 cm³/mol. The van der Waals surface area contributed by atoms with Crippen LogP contribution in [0.25, 0.3) is 0 Å². The van der Waals surface area contributed by atoms with Gasteiger partial charge < -0.3 is 0 Å². The van der Waals surface area contributed by atoms with Gasteiger partial charge in [0.1, 0.15) is 5.56 Å². The van der Waals surface area contributed by atoms with Crippen molar-refractivity contribution in [3.63, 3.8) is 0 Å². The summed E-state index contributed by atoms with van der Waals surface area (Å²) >= 11 is 0. The first-order valence-corrected chi connectivity index (χ1v) is 3.16. The van der Waals surface area contributed by atoms with Crippen molar-refractivity contribution in [1.82, 2.24) is 4.98 Å². The minimum absolute atomic E-state index is 0.662. The molecule has 0 atom stereocenters. The van der Waals surface area contributed by atoms with Crippen LogP contribution in [0.4, 0.5) is 19.0 Å². The van der Waals surface area contributed by atoms with E-state index < -0.39 is 17.6 Å². The molecule has 0 aliphatic heterocycles. The van der Waals surface area contributed by atoms with Crippen molar-refractivity contribution >= 4 is 11.9 Å². The number of halogens is 3. The van der Waals surface area contributed by atoms with Crippen LogP contribution in [-0.2, 0) is 11.0 Å². The summed E-state index contributed by atoms with van der Waals surface area (Å²) < 4.78 is 36.4. The van der Waals surface area contributed by atoms with Crippen molar-refractivity contribution in [3.05, 3.63) is 23.9 Å². The number of isocyanates is 1. The third-order valence-corrected chi connectivity index (χ3v) is 1.24. The van der Waals surface area contributed by atoms with Crippen LogP contribution in [0.2, 0.25) is 0 Å². The van der Waals surface area contributed by atoms with Crippen molar-refractivity contribution in [1.29, 1.82) is 0 Å². The van der Waals surface area contributed by atoms with Gasteiger partial charge in [-0.1, -0.05) is 0 Å². The molecule has 0 radical (unpaired) electrons. The molecule has 1 rings (SSSR count). The largest absolute Gasteiger partial charge is 0.420 e. The summed E-state index contributed by atoms with van der Waals surface area (Å²) in [5, 5.41) is 0. The van der Waals surface area contributed by atoms with Crippen molar-refractivity contribution in [2.24, 2.45) is 4.99 Å². The molecule has 0 saturated carbocycles. The first-order chi connectivity index (χ1) is 6.05. The van der Waals surface area contributed by atoms with Crippen molar-refractivity contribution < 1.29 is 18.0 Å². The van der Waals surface area contributed by atoms with Gasteiger partial charge in [-0.2, -0.15) is 13.2 Å². The summed E-state index contributed by atoms with van der Waals surface area (Å²) in [5.74, 6) is -0.662. The number of carbonyl (C=O) groups excluding carboxylic acids is 1. The lowest BCUT2D eigenvalue weighted by atomic mass is 10.2. The summed E-state index contributed by atoms with van der Waals surface area (Å²) in [5.41, 5.74) is -1.04. The van der Waals surface area contributed by atoms with E-state index in [1.54, 1.807) is 0 Å². The molecule has 13 heavy (non-hydrogen) atoms. The molecule has 0 bridgehead atoms. The monoisotopic (exact) mass is 188 g/mol. The van der Waals surface area contributed by atoms with E-state index in [0.29, 0.717) is 0 Å². The van der Waals surface area contributed by atoms with Crippen LogP contribution in [-0.4, -0.2) is 11.1 Å². The Hall–Kier alpha value is -1.68. The minimum atomic E-state index is -4.55. The summed E-state index contributed by atoms with van der Waals surface area (Å²) in [6.07, 6.45) is -2.43. The number of aliphatic imine (C=N–C) groups is 1. The highest BCUT2D eigenvalue weighted by molar-refractivity contribution is 5.49. The number of rotatable bonds is 1. The lowest BCUT2D eigenvalue weighted by molar-refractivity contribution is -0.137. The van der Waals surface area contributed by atoms with Crippen LogP contribution in [0.5, 0.6) is 0 Å². The summed E-state index contributed by atoms with van der Waals surface area (Å²) in [7, 11) is 0. The molecular weight excluding hydrogens is 185 g/mol. The second-order valence-electron chi connectivity index (χ2n) is 2.08. The van der Waals surface area contributed by atoms with Crippen LogP contribution >= 0.6 is 0 Å². The maximum atomic E-state index is 12.1. The highest BCUT2D eigenvalue weighted by Crippen LogP contribution is 2.34. The van der Waals surface area contributed by atoms with E-state index in [-0.39, 0.29) is 0 Å². The fraction of sp³-hybridized carbons (Fsp3) is 0.143. The SMILES string of the molecule is O=C=Nc1ncccc1C(F)(F)F. The maximum absolute atomic E-state index is 12.1. The Kier molecular flexibility index (Phi) is 2.44. The van der Waals surface area contributed by atoms with Gasteiger partial charge in [0.2, 0.25) is 6.08 Å². The number of nitrogens with zero attached hydrogens (tertiary/aromatic N) is 2. The lowest BCUT2D eigenvalue weighted by Crippen LogP contribution is -2.05. The Balaban J connectivity index is 3.27. The molecule has 1 aromatic rings. The molecule has 1 heterocycles. The van der Waals surface area contributed by atoms with Crippen LogP contribution in [0, 0.1) is 0 Å². The van der Waals surface area contributed by atoms with Gasteiger partial charge in [0.05, 0.1) is 0 Å². The Morgan fingerprint density at radius 1 is 1.46 bits per heavy atom. The normalized spacial score (nSPS) is 10.7. The van der Waals surface area contributed by atoms with Crippen molar-refractivity contribution in [2.45, 2.75) is 6.18 Å². The third kappa shape index (κ3) is 2.13. The van der Waals surface area contributed by atoms with Gasteiger partial charge in [-0.05, 0) is 12.1 Å². The van der Waals surface area contributed by atoms with Crippen LogP contribution < -0.4 is 0 Å². The average molecular weight is 188 g/mol. The second kappa shape index (κ2) is 3.37. The van der Waals surface area contributed by atoms with Crippen LogP contribution in [0.3, 0.4) is 0 Å². The molecular formula is C7H3F3N2O. The second-order valence-corrected chi connectivity index (χ2v) is 2.08. The number of pyridine rings is 1. The average Bonchev–Trinajstić information content (AvgIpc) is 2.04. The van der Waals surface area contributed by atoms with E-state index in [2.05, 4.69) is 9.98 Å².